The molecule has 0 amide bonds. The molecule has 3 aromatic carbocycles. The summed E-state index contributed by atoms with van der Waals surface area (Å²) < 4.78 is 29.2. The summed E-state index contributed by atoms with van der Waals surface area (Å²) in [5, 5.41) is 5.85. The Hall–Kier alpha value is -3.00. The minimum absolute atomic E-state index is 0.0281. The lowest BCUT2D eigenvalue weighted by Gasteiger charge is -2.12. The molecule has 0 bridgehead atoms. The van der Waals surface area contributed by atoms with Crippen LogP contribution < -0.4 is 15.3 Å². The van der Waals surface area contributed by atoms with Crippen LogP contribution in [0.25, 0.3) is 31.7 Å². The number of primary sulfonamides is 1. The first-order valence-corrected chi connectivity index (χ1v) is 11.1. The second-order valence-electron chi connectivity index (χ2n) is 6.43. The Morgan fingerprint density at radius 2 is 1.48 bits per heavy atom. The van der Waals surface area contributed by atoms with E-state index in [2.05, 4.69) is 0 Å². The van der Waals surface area contributed by atoms with Crippen molar-refractivity contribution in [2.45, 2.75) is 4.90 Å². The maximum absolute atomic E-state index is 13.4. The summed E-state index contributed by atoms with van der Waals surface area (Å²) in [6.07, 6.45) is 0. The normalized spacial score (nSPS) is 11.5. The first-order valence-electron chi connectivity index (χ1n) is 8.72. The fourth-order valence-electron chi connectivity index (χ4n) is 3.16. The van der Waals surface area contributed by atoms with Crippen LogP contribution in [0.4, 0.5) is 0 Å². The van der Waals surface area contributed by atoms with E-state index >= 15 is 0 Å². The number of rotatable bonds is 4. The topological polar surface area (TPSA) is 86.5 Å². The Morgan fingerprint density at radius 3 is 2.10 bits per heavy atom. The summed E-state index contributed by atoms with van der Waals surface area (Å²) in [5.74, 6) is 0.699. The lowest BCUT2D eigenvalue weighted by molar-refractivity contribution is 0.415. The Kier molecular flexibility index (Phi) is 4.96. The Morgan fingerprint density at radius 1 is 0.862 bits per heavy atom. The van der Waals surface area contributed by atoms with E-state index in [-0.39, 0.29) is 10.3 Å². The van der Waals surface area contributed by atoms with Crippen molar-refractivity contribution in [3.05, 3.63) is 83.0 Å². The fourth-order valence-corrected chi connectivity index (χ4v) is 4.88. The molecule has 1 heterocycles. The van der Waals surface area contributed by atoms with Crippen LogP contribution in [0.5, 0.6) is 5.75 Å². The molecule has 29 heavy (non-hydrogen) atoms. The number of nitrogens with two attached hydrogens (primary N) is 1. The summed E-state index contributed by atoms with van der Waals surface area (Å²) in [5.41, 5.74) is 2.01. The number of hydrogen-bond donors (Lipinski definition) is 1. The number of benzene rings is 3. The van der Waals surface area contributed by atoms with Gasteiger partial charge in [-0.05, 0) is 47.5 Å². The van der Waals surface area contributed by atoms with Gasteiger partial charge in [-0.15, -0.1) is 11.3 Å². The minimum atomic E-state index is -3.79. The summed E-state index contributed by atoms with van der Waals surface area (Å²) in [7, 11) is -2.20. The predicted molar refractivity (Wildman–Crippen MR) is 117 cm³/mol. The molecular weight excluding hydrogens is 406 g/mol. The smallest absolute Gasteiger partial charge is 0.238 e. The quantitative estimate of drug-likeness (QED) is 0.532. The molecule has 7 heteroatoms. The van der Waals surface area contributed by atoms with Gasteiger partial charge in [0, 0.05) is 20.5 Å². The lowest BCUT2D eigenvalue weighted by atomic mass is 10.0. The zero-order chi connectivity index (χ0) is 20.6. The zero-order valence-corrected chi connectivity index (χ0v) is 17.1. The molecule has 0 spiro atoms. The highest BCUT2D eigenvalue weighted by molar-refractivity contribution is 7.89. The third-order valence-electron chi connectivity index (χ3n) is 4.62. The largest absolute Gasteiger partial charge is 0.497 e. The van der Waals surface area contributed by atoms with E-state index in [0.717, 1.165) is 20.7 Å². The van der Waals surface area contributed by atoms with Crippen LogP contribution in [0.2, 0.25) is 0 Å². The van der Waals surface area contributed by atoms with Gasteiger partial charge in [-0.2, -0.15) is 0 Å². The molecule has 0 aliphatic rings. The molecule has 0 radical (unpaired) electrons. The van der Waals surface area contributed by atoms with Gasteiger partial charge in [0.25, 0.3) is 0 Å². The third-order valence-corrected chi connectivity index (χ3v) is 6.77. The van der Waals surface area contributed by atoms with Crippen LogP contribution in [-0.2, 0) is 10.0 Å². The highest BCUT2D eigenvalue weighted by Gasteiger charge is 2.17. The van der Waals surface area contributed by atoms with Gasteiger partial charge in [0.2, 0.25) is 10.0 Å². The van der Waals surface area contributed by atoms with E-state index in [4.69, 9.17) is 9.88 Å². The predicted octanol–water partition coefficient (Wildman–Crippen LogP) is 4.25. The molecule has 0 fully saturated rings. The molecule has 0 saturated heterocycles. The summed E-state index contributed by atoms with van der Waals surface area (Å²) >= 11 is 1.49. The van der Waals surface area contributed by atoms with Crippen LogP contribution in [0.3, 0.4) is 0 Å². The van der Waals surface area contributed by atoms with E-state index in [1.54, 1.807) is 19.2 Å². The first-order chi connectivity index (χ1) is 13.9. The Labute approximate surface area is 172 Å². The van der Waals surface area contributed by atoms with Crippen molar-refractivity contribution in [1.82, 2.24) is 0 Å². The molecule has 4 aromatic rings. The third kappa shape index (κ3) is 3.67. The molecule has 0 atom stereocenters. The van der Waals surface area contributed by atoms with Gasteiger partial charge in [0.1, 0.15) is 5.75 Å². The van der Waals surface area contributed by atoms with E-state index in [1.165, 1.54) is 23.5 Å². The van der Waals surface area contributed by atoms with Crippen LogP contribution in [0, 0.1) is 0 Å². The number of hydrogen-bond acceptors (Lipinski definition) is 5. The van der Waals surface area contributed by atoms with Crippen molar-refractivity contribution in [2.24, 2.45) is 5.14 Å². The van der Waals surface area contributed by atoms with Gasteiger partial charge in [0.15, 0.2) is 5.43 Å². The maximum atomic E-state index is 13.4. The molecule has 4 rings (SSSR count). The van der Waals surface area contributed by atoms with Crippen molar-refractivity contribution >= 4 is 31.4 Å². The van der Waals surface area contributed by atoms with Crippen LogP contribution in [0.1, 0.15) is 0 Å². The van der Waals surface area contributed by atoms with E-state index in [0.29, 0.717) is 16.7 Å². The van der Waals surface area contributed by atoms with Crippen molar-refractivity contribution in [3.63, 3.8) is 0 Å². The fraction of sp³-hybridized carbons (Fsp3) is 0.0455. The molecular formula is C22H17NO4S2. The Balaban J connectivity index is 2.00. The summed E-state index contributed by atoms with van der Waals surface area (Å²) in [6.45, 7) is 0. The lowest BCUT2D eigenvalue weighted by Crippen LogP contribution is -2.11. The van der Waals surface area contributed by atoms with Gasteiger partial charge in [0.05, 0.1) is 12.0 Å². The minimum Gasteiger partial charge on any atom is -0.497 e. The number of ether oxygens (including phenoxy) is 1. The number of methoxy groups -OCH3 is 1. The highest BCUT2D eigenvalue weighted by Crippen LogP contribution is 2.37. The van der Waals surface area contributed by atoms with E-state index < -0.39 is 10.0 Å². The van der Waals surface area contributed by atoms with Crippen LogP contribution >= 0.6 is 11.3 Å². The summed E-state index contributed by atoms with van der Waals surface area (Å²) in [6, 6.07) is 21.0. The van der Waals surface area contributed by atoms with Crippen molar-refractivity contribution in [1.29, 1.82) is 0 Å². The maximum Gasteiger partial charge on any atom is 0.238 e. The standard InChI is InChI=1S/C22H17NO4S2/c1-27-16-10-6-14(7-11-16)20-21(24)18-4-2-3-5-19(18)28-22(20)15-8-12-17(13-9-15)29(23,25)26/h2-13H,1H3,(H2,23,25,26). The molecule has 5 nitrogen and oxygen atoms in total. The average molecular weight is 424 g/mol. The monoisotopic (exact) mass is 423 g/mol. The first kappa shape index (κ1) is 19.3. The van der Waals surface area contributed by atoms with Gasteiger partial charge < -0.3 is 4.74 Å². The SMILES string of the molecule is COc1ccc(-c2c(-c3ccc(S(N)(=O)=O)cc3)sc3ccccc3c2=O)cc1. The van der Waals surface area contributed by atoms with Crippen molar-refractivity contribution in [2.75, 3.05) is 7.11 Å². The van der Waals surface area contributed by atoms with E-state index in [9.17, 15) is 13.2 Å². The number of sulfonamides is 1. The molecule has 146 valence electrons. The Bertz CT molecular complexity index is 1360. The second kappa shape index (κ2) is 7.44. The molecule has 0 aliphatic heterocycles. The second-order valence-corrected chi connectivity index (χ2v) is 9.04. The van der Waals surface area contributed by atoms with Crippen molar-refractivity contribution < 1.29 is 13.2 Å². The van der Waals surface area contributed by atoms with Crippen LogP contribution in [0.15, 0.2) is 82.5 Å². The molecule has 0 aliphatic carbocycles. The summed E-state index contributed by atoms with van der Waals surface area (Å²) in [4.78, 5) is 14.2. The van der Waals surface area contributed by atoms with Gasteiger partial charge in [-0.25, -0.2) is 13.6 Å². The highest BCUT2D eigenvalue weighted by atomic mass is 32.2. The molecule has 1 aromatic heterocycles. The van der Waals surface area contributed by atoms with Gasteiger partial charge in [-0.3, -0.25) is 4.79 Å². The van der Waals surface area contributed by atoms with Crippen molar-refractivity contribution in [3.8, 4) is 27.3 Å². The molecule has 2 N–H and O–H groups in total. The number of fused-ring (bicyclic) bond motifs is 1. The zero-order valence-electron chi connectivity index (χ0n) is 15.5. The molecule has 0 saturated carbocycles. The van der Waals surface area contributed by atoms with Gasteiger partial charge >= 0.3 is 0 Å². The van der Waals surface area contributed by atoms with Gasteiger partial charge in [-0.1, -0.05) is 36.4 Å². The van der Waals surface area contributed by atoms with E-state index in [1.807, 2.05) is 48.5 Å². The molecule has 0 unspecified atom stereocenters. The average Bonchev–Trinajstić information content (AvgIpc) is 2.73. The van der Waals surface area contributed by atoms with Crippen LogP contribution in [-0.4, -0.2) is 15.5 Å².